The second kappa shape index (κ2) is 5.41. The molecule has 1 saturated heterocycles. The van der Waals surface area contributed by atoms with E-state index in [1.807, 2.05) is 0 Å². The normalized spacial score (nSPS) is 36.7. The minimum atomic E-state index is 0.390. The van der Waals surface area contributed by atoms with Gasteiger partial charge < -0.3 is 10.6 Å². The molecule has 2 N–H and O–H groups in total. The third kappa shape index (κ3) is 2.52. The quantitative estimate of drug-likeness (QED) is 0.825. The highest BCUT2D eigenvalue weighted by Crippen LogP contribution is 2.56. The first-order valence-electron chi connectivity index (χ1n) is 7.95. The molecule has 3 atom stereocenters. The lowest BCUT2D eigenvalue weighted by molar-refractivity contribution is -0.135. The van der Waals surface area contributed by atoms with Crippen molar-refractivity contribution >= 4 is 5.91 Å². The molecule has 1 aliphatic heterocycles. The first kappa shape index (κ1) is 13.4. The molecule has 0 bridgehead atoms. The third-order valence-electron chi connectivity index (χ3n) is 5.53. The van der Waals surface area contributed by atoms with Crippen LogP contribution in [0.4, 0.5) is 0 Å². The van der Waals surface area contributed by atoms with Crippen LogP contribution in [0, 0.1) is 17.8 Å². The number of carbonyl (C=O) groups is 1. The van der Waals surface area contributed by atoms with E-state index < -0.39 is 0 Å². The number of hydrogen-bond acceptors (Lipinski definition) is 3. The van der Waals surface area contributed by atoms with Crippen LogP contribution in [0.25, 0.3) is 0 Å². The van der Waals surface area contributed by atoms with E-state index in [4.69, 9.17) is 5.73 Å². The number of carbonyl (C=O) groups excluding carboxylic acids is 1. The molecule has 1 heterocycles. The van der Waals surface area contributed by atoms with Gasteiger partial charge in [0.1, 0.15) is 0 Å². The monoisotopic (exact) mass is 265 g/mol. The molecule has 0 spiro atoms. The van der Waals surface area contributed by atoms with E-state index in [2.05, 4.69) is 16.7 Å². The molecule has 0 radical (unpaired) electrons. The standard InChI is InChI=1S/C15H27N3O/c1-11(10-16)17-6-8-18(9-7-17)15(19)14-12-4-2-3-5-13(12)14/h11-14H,2-10,16H2,1H3. The average molecular weight is 265 g/mol. The van der Waals surface area contributed by atoms with Crippen LogP contribution >= 0.6 is 0 Å². The highest BCUT2D eigenvalue weighted by atomic mass is 16.2. The van der Waals surface area contributed by atoms with Gasteiger partial charge in [-0.05, 0) is 31.6 Å². The van der Waals surface area contributed by atoms with Gasteiger partial charge >= 0.3 is 0 Å². The van der Waals surface area contributed by atoms with E-state index >= 15 is 0 Å². The number of rotatable bonds is 3. The molecule has 1 amide bonds. The summed E-state index contributed by atoms with van der Waals surface area (Å²) in [6, 6.07) is 0.445. The predicted octanol–water partition coefficient (Wildman–Crippen LogP) is 0.914. The van der Waals surface area contributed by atoms with Gasteiger partial charge in [0.15, 0.2) is 0 Å². The Morgan fingerprint density at radius 1 is 1.16 bits per heavy atom. The predicted molar refractivity (Wildman–Crippen MR) is 75.6 cm³/mol. The molecule has 3 fully saturated rings. The lowest BCUT2D eigenvalue weighted by Gasteiger charge is -2.37. The summed E-state index contributed by atoms with van der Waals surface area (Å²) in [7, 11) is 0. The van der Waals surface area contributed by atoms with Crippen LogP contribution in [0.3, 0.4) is 0 Å². The SMILES string of the molecule is CC(CN)N1CCN(C(=O)C2C3CCCCC32)CC1. The zero-order valence-corrected chi connectivity index (χ0v) is 12.1. The van der Waals surface area contributed by atoms with Crippen molar-refractivity contribution in [2.24, 2.45) is 23.5 Å². The summed E-state index contributed by atoms with van der Waals surface area (Å²) in [5, 5.41) is 0. The zero-order chi connectivity index (χ0) is 13.4. The number of amides is 1. The summed E-state index contributed by atoms with van der Waals surface area (Å²) < 4.78 is 0. The van der Waals surface area contributed by atoms with Gasteiger partial charge in [-0.3, -0.25) is 9.69 Å². The lowest BCUT2D eigenvalue weighted by Crippen LogP contribution is -2.53. The minimum absolute atomic E-state index is 0.390. The summed E-state index contributed by atoms with van der Waals surface area (Å²) in [5.41, 5.74) is 5.71. The van der Waals surface area contributed by atoms with Gasteiger partial charge in [0.25, 0.3) is 0 Å². The Hall–Kier alpha value is -0.610. The first-order chi connectivity index (χ1) is 9.22. The van der Waals surface area contributed by atoms with Crippen molar-refractivity contribution in [1.82, 2.24) is 9.80 Å². The largest absolute Gasteiger partial charge is 0.340 e. The fraction of sp³-hybridized carbons (Fsp3) is 0.933. The number of piperazine rings is 1. The molecular weight excluding hydrogens is 238 g/mol. The number of fused-ring (bicyclic) bond motifs is 1. The fourth-order valence-electron chi connectivity index (χ4n) is 4.10. The van der Waals surface area contributed by atoms with E-state index in [0.717, 1.165) is 38.0 Å². The van der Waals surface area contributed by atoms with Crippen LogP contribution in [-0.2, 0) is 4.79 Å². The van der Waals surface area contributed by atoms with Crippen molar-refractivity contribution < 1.29 is 4.79 Å². The molecule has 2 saturated carbocycles. The molecule has 3 unspecified atom stereocenters. The third-order valence-corrected chi connectivity index (χ3v) is 5.53. The van der Waals surface area contributed by atoms with Crippen molar-refractivity contribution in [3.8, 4) is 0 Å². The fourth-order valence-corrected chi connectivity index (χ4v) is 4.10. The maximum Gasteiger partial charge on any atom is 0.226 e. The van der Waals surface area contributed by atoms with Crippen LogP contribution in [0.1, 0.15) is 32.6 Å². The highest BCUT2D eigenvalue weighted by Gasteiger charge is 2.55. The molecule has 3 rings (SSSR count). The van der Waals surface area contributed by atoms with E-state index in [-0.39, 0.29) is 0 Å². The molecule has 4 nitrogen and oxygen atoms in total. The smallest absolute Gasteiger partial charge is 0.226 e. The van der Waals surface area contributed by atoms with Gasteiger partial charge in [0.05, 0.1) is 0 Å². The van der Waals surface area contributed by atoms with Crippen molar-refractivity contribution in [3.63, 3.8) is 0 Å². The van der Waals surface area contributed by atoms with Crippen molar-refractivity contribution in [3.05, 3.63) is 0 Å². The lowest BCUT2D eigenvalue weighted by atomic mass is 10.0. The van der Waals surface area contributed by atoms with Crippen molar-refractivity contribution in [1.29, 1.82) is 0 Å². The summed E-state index contributed by atoms with van der Waals surface area (Å²) in [6.07, 6.45) is 5.27. The van der Waals surface area contributed by atoms with Gasteiger partial charge in [-0.1, -0.05) is 12.8 Å². The number of hydrogen-bond donors (Lipinski definition) is 1. The minimum Gasteiger partial charge on any atom is -0.340 e. The van der Waals surface area contributed by atoms with Gasteiger partial charge in [-0.25, -0.2) is 0 Å². The maximum atomic E-state index is 12.6. The molecule has 2 aliphatic carbocycles. The molecule has 108 valence electrons. The first-order valence-corrected chi connectivity index (χ1v) is 7.95. The summed E-state index contributed by atoms with van der Waals surface area (Å²) >= 11 is 0. The number of nitrogens with zero attached hydrogens (tertiary/aromatic N) is 2. The van der Waals surface area contributed by atoms with Crippen LogP contribution in [0.2, 0.25) is 0 Å². The Morgan fingerprint density at radius 2 is 1.74 bits per heavy atom. The summed E-state index contributed by atoms with van der Waals surface area (Å²) in [5.74, 6) is 2.32. The van der Waals surface area contributed by atoms with Crippen LogP contribution in [-0.4, -0.2) is 54.5 Å². The van der Waals surface area contributed by atoms with Crippen LogP contribution < -0.4 is 5.73 Å². The Bertz CT molecular complexity index is 326. The molecule has 3 aliphatic rings. The Labute approximate surface area is 116 Å². The molecule has 4 heteroatoms. The summed E-state index contributed by atoms with van der Waals surface area (Å²) in [6.45, 7) is 6.67. The zero-order valence-electron chi connectivity index (χ0n) is 12.1. The molecule has 0 aromatic carbocycles. The highest BCUT2D eigenvalue weighted by molar-refractivity contribution is 5.82. The van der Waals surface area contributed by atoms with Crippen molar-refractivity contribution in [2.75, 3.05) is 32.7 Å². The maximum absolute atomic E-state index is 12.6. The second-order valence-corrected chi connectivity index (χ2v) is 6.58. The Morgan fingerprint density at radius 3 is 2.26 bits per heavy atom. The van der Waals surface area contributed by atoms with E-state index in [1.54, 1.807) is 0 Å². The number of nitrogens with two attached hydrogens (primary N) is 1. The second-order valence-electron chi connectivity index (χ2n) is 6.58. The van der Waals surface area contributed by atoms with Crippen molar-refractivity contribution in [2.45, 2.75) is 38.6 Å². The topological polar surface area (TPSA) is 49.6 Å². The van der Waals surface area contributed by atoms with Gasteiger partial charge in [0, 0.05) is 44.7 Å². The Kier molecular flexibility index (Phi) is 3.81. The van der Waals surface area contributed by atoms with E-state index in [0.29, 0.717) is 24.4 Å². The van der Waals surface area contributed by atoms with Gasteiger partial charge in [-0.15, -0.1) is 0 Å². The van der Waals surface area contributed by atoms with Crippen LogP contribution in [0.5, 0.6) is 0 Å². The Balaban J connectivity index is 1.50. The molecule has 19 heavy (non-hydrogen) atoms. The average Bonchev–Trinajstić information content (AvgIpc) is 3.20. The van der Waals surface area contributed by atoms with E-state index in [9.17, 15) is 4.79 Å². The van der Waals surface area contributed by atoms with Crippen LogP contribution in [0.15, 0.2) is 0 Å². The molecular formula is C15H27N3O. The molecule has 0 aromatic rings. The van der Waals surface area contributed by atoms with Gasteiger partial charge in [-0.2, -0.15) is 0 Å². The molecule has 0 aromatic heterocycles. The van der Waals surface area contributed by atoms with Gasteiger partial charge in [0.2, 0.25) is 5.91 Å². The van der Waals surface area contributed by atoms with E-state index in [1.165, 1.54) is 25.7 Å². The summed E-state index contributed by atoms with van der Waals surface area (Å²) in [4.78, 5) is 17.1.